The smallest absolute Gasteiger partial charge is 0.305 e. The molecular weight excluding hydrogens is 268 g/mol. The third-order valence-corrected chi connectivity index (χ3v) is 3.30. The van der Waals surface area contributed by atoms with E-state index in [0.29, 0.717) is 26.0 Å². The fourth-order valence-electron chi connectivity index (χ4n) is 1.97. The third-order valence-electron chi connectivity index (χ3n) is 3.30. The molecule has 0 radical (unpaired) electrons. The van der Waals surface area contributed by atoms with Crippen LogP contribution in [-0.4, -0.2) is 25.0 Å². The predicted octanol–water partition coefficient (Wildman–Crippen LogP) is 1.78. The molecular formula is C16H24N2O3. The highest BCUT2D eigenvalue weighted by Crippen LogP contribution is 2.18. The lowest BCUT2D eigenvalue weighted by Gasteiger charge is -2.19. The molecule has 0 spiro atoms. The lowest BCUT2D eigenvalue weighted by molar-refractivity contribution is -0.143. The number of ether oxygens (including phenoxy) is 1. The van der Waals surface area contributed by atoms with Gasteiger partial charge in [0, 0.05) is 19.0 Å². The lowest BCUT2D eigenvalue weighted by Crippen LogP contribution is -2.36. The molecule has 0 aliphatic rings. The number of benzene rings is 1. The summed E-state index contributed by atoms with van der Waals surface area (Å²) in [5, 5.41) is 2.80. The molecule has 1 amide bonds. The van der Waals surface area contributed by atoms with Crippen molar-refractivity contribution in [3.05, 3.63) is 35.9 Å². The van der Waals surface area contributed by atoms with Crippen LogP contribution in [-0.2, 0) is 14.3 Å². The van der Waals surface area contributed by atoms with Gasteiger partial charge < -0.3 is 15.8 Å². The quantitative estimate of drug-likeness (QED) is 0.565. The first-order valence-electron chi connectivity index (χ1n) is 7.30. The molecule has 2 unspecified atom stereocenters. The monoisotopic (exact) mass is 292 g/mol. The van der Waals surface area contributed by atoms with Crippen LogP contribution < -0.4 is 11.1 Å². The van der Waals surface area contributed by atoms with Crippen LogP contribution in [0.3, 0.4) is 0 Å². The van der Waals surface area contributed by atoms with Gasteiger partial charge in [-0.05, 0) is 18.9 Å². The van der Waals surface area contributed by atoms with Crippen molar-refractivity contribution >= 4 is 11.9 Å². The Morgan fingerprint density at radius 1 is 1.29 bits per heavy atom. The summed E-state index contributed by atoms with van der Waals surface area (Å²) in [4.78, 5) is 23.2. The lowest BCUT2D eigenvalue weighted by atomic mass is 9.94. The van der Waals surface area contributed by atoms with Gasteiger partial charge in [0.05, 0.1) is 12.5 Å². The minimum Gasteiger partial charge on any atom is -0.466 e. The number of nitrogens with two attached hydrogens (primary N) is 1. The van der Waals surface area contributed by atoms with Gasteiger partial charge in [0.25, 0.3) is 0 Å². The minimum absolute atomic E-state index is 0.102. The van der Waals surface area contributed by atoms with E-state index >= 15 is 0 Å². The fraction of sp³-hybridized carbons (Fsp3) is 0.500. The molecule has 0 heterocycles. The summed E-state index contributed by atoms with van der Waals surface area (Å²) in [7, 11) is 0. The standard InChI is InChI=1S/C16H24N2O3/c1-3-21-14(19)10-7-11-18-16(20)12(2)15(17)13-8-5-4-6-9-13/h4-6,8-9,12,15H,3,7,10-11,17H2,1-2H3,(H,18,20). The summed E-state index contributed by atoms with van der Waals surface area (Å²) in [6, 6.07) is 9.20. The molecule has 116 valence electrons. The van der Waals surface area contributed by atoms with Crippen molar-refractivity contribution in [3.63, 3.8) is 0 Å². The van der Waals surface area contributed by atoms with E-state index in [9.17, 15) is 9.59 Å². The minimum atomic E-state index is -0.337. The van der Waals surface area contributed by atoms with Crippen LogP contribution in [0.2, 0.25) is 0 Å². The molecule has 0 saturated carbocycles. The highest BCUT2D eigenvalue weighted by molar-refractivity contribution is 5.79. The Bertz CT molecular complexity index is 448. The molecule has 1 rings (SSSR count). The van der Waals surface area contributed by atoms with Crippen molar-refractivity contribution in [3.8, 4) is 0 Å². The van der Waals surface area contributed by atoms with E-state index in [0.717, 1.165) is 5.56 Å². The van der Waals surface area contributed by atoms with Crippen LogP contribution in [0.4, 0.5) is 0 Å². The number of hydrogen-bond acceptors (Lipinski definition) is 4. The summed E-state index contributed by atoms with van der Waals surface area (Å²) in [5.74, 6) is -0.661. The first-order valence-corrected chi connectivity index (χ1v) is 7.30. The Hall–Kier alpha value is -1.88. The second kappa shape index (κ2) is 9.13. The maximum atomic E-state index is 12.0. The second-order valence-electron chi connectivity index (χ2n) is 4.92. The van der Waals surface area contributed by atoms with Crippen LogP contribution in [0, 0.1) is 5.92 Å². The van der Waals surface area contributed by atoms with Gasteiger partial charge in [-0.15, -0.1) is 0 Å². The van der Waals surface area contributed by atoms with E-state index in [2.05, 4.69) is 5.32 Å². The largest absolute Gasteiger partial charge is 0.466 e. The van der Waals surface area contributed by atoms with Crippen molar-refractivity contribution < 1.29 is 14.3 Å². The summed E-state index contributed by atoms with van der Waals surface area (Å²) in [6.45, 7) is 4.41. The molecule has 0 saturated heterocycles. The van der Waals surface area contributed by atoms with Crippen LogP contribution in [0.25, 0.3) is 0 Å². The number of nitrogens with one attached hydrogen (secondary N) is 1. The van der Waals surface area contributed by atoms with E-state index < -0.39 is 0 Å². The summed E-state index contributed by atoms with van der Waals surface area (Å²) >= 11 is 0. The van der Waals surface area contributed by atoms with E-state index in [4.69, 9.17) is 10.5 Å². The molecule has 5 nitrogen and oxygen atoms in total. The van der Waals surface area contributed by atoms with Crippen LogP contribution in [0.15, 0.2) is 30.3 Å². The molecule has 1 aromatic carbocycles. The molecule has 5 heteroatoms. The van der Waals surface area contributed by atoms with E-state index in [-0.39, 0.29) is 23.8 Å². The average molecular weight is 292 g/mol. The summed E-state index contributed by atoms with van der Waals surface area (Å²) in [5.41, 5.74) is 7.03. The van der Waals surface area contributed by atoms with Gasteiger partial charge in [-0.25, -0.2) is 0 Å². The van der Waals surface area contributed by atoms with Gasteiger partial charge in [0.2, 0.25) is 5.91 Å². The number of carbonyl (C=O) groups excluding carboxylic acids is 2. The molecule has 0 aliphatic carbocycles. The number of rotatable bonds is 8. The summed E-state index contributed by atoms with van der Waals surface area (Å²) < 4.78 is 4.82. The summed E-state index contributed by atoms with van der Waals surface area (Å²) in [6.07, 6.45) is 0.880. The first-order chi connectivity index (χ1) is 10.1. The van der Waals surface area contributed by atoms with Crippen LogP contribution in [0.1, 0.15) is 38.3 Å². The Balaban J connectivity index is 2.33. The van der Waals surface area contributed by atoms with Crippen molar-refractivity contribution in [2.45, 2.75) is 32.7 Å². The molecule has 3 N–H and O–H groups in total. The Morgan fingerprint density at radius 2 is 1.95 bits per heavy atom. The Kier molecular flexibility index (Phi) is 7.46. The van der Waals surface area contributed by atoms with Crippen molar-refractivity contribution in [1.82, 2.24) is 5.32 Å². The van der Waals surface area contributed by atoms with Gasteiger partial charge in [-0.1, -0.05) is 37.3 Å². The SMILES string of the molecule is CCOC(=O)CCCNC(=O)C(C)C(N)c1ccccc1. The fourth-order valence-corrected chi connectivity index (χ4v) is 1.97. The highest BCUT2D eigenvalue weighted by atomic mass is 16.5. The molecule has 0 aromatic heterocycles. The molecule has 0 bridgehead atoms. The number of hydrogen-bond donors (Lipinski definition) is 2. The van der Waals surface area contributed by atoms with Gasteiger partial charge >= 0.3 is 5.97 Å². The van der Waals surface area contributed by atoms with Gasteiger partial charge in [-0.3, -0.25) is 9.59 Å². The maximum absolute atomic E-state index is 12.0. The number of carbonyl (C=O) groups is 2. The van der Waals surface area contributed by atoms with Gasteiger partial charge in [-0.2, -0.15) is 0 Å². The Labute approximate surface area is 125 Å². The van der Waals surface area contributed by atoms with Crippen molar-refractivity contribution in [2.75, 3.05) is 13.2 Å². The number of amides is 1. The normalized spacial score (nSPS) is 13.3. The molecule has 21 heavy (non-hydrogen) atoms. The topological polar surface area (TPSA) is 81.4 Å². The van der Waals surface area contributed by atoms with Gasteiger partial charge in [0.15, 0.2) is 0 Å². The zero-order chi connectivity index (χ0) is 15.7. The third kappa shape index (κ3) is 5.95. The van der Waals surface area contributed by atoms with E-state index in [1.807, 2.05) is 30.3 Å². The number of esters is 1. The van der Waals surface area contributed by atoms with Crippen LogP contribution >= 0.6 is 0 Å². The van der Waals surface area contributed by atoms with Crippen molar-refractivity contribution in [1.29, 1.82) is 0 Å². The maximum Gasteiger partial charge on any atom is 0.305 e. The average Bonchev–Trinajstić information content (AvgIpc) is 2.51. The second-order valence-corrected chi connectivity index (χ2v) is 4.92. The Morgan fingerprint density at radius 3 is 2.57 bits per heavy atom. The molecule has 0 aliphatic heterocycles. The molecule has 1 aromatic rings. The molecule has 2 atom stereocenters. The van der Waals surface area contributed by atoms with Gasteiger partial charge in [0.1, 0.15) is 0 Å². The van der Waals surface area contributed by atoms with Crippen LogP contribution in [0.5, 0.6) is 0 Å². The van der Waals surface area contributed by atoms with Crippen molar-refractivity contribution in [2.24, 2.45) is 11.7 Å². The van der Waals surface area contributed by atoms with E-state index in [1.165, 1.54) is 0 Å². The highest BCUT2D eigenvalue weighted by Gasteiger charge is 2.21. The zero-order valence-corrected chi connectivity index (χ0v) is 12.7. The molecule has 0 fully saturated rings. The first kappa shape index (κ1) is 17.2. The predicted molar refractivity (Wildman–Crippen MR) is 81.4 cm³/mol. The zero-order valence-electron chi connectivity index (χ0n) is 12.7. The van der Waals surface area contributed by atoms with E-state index in [1.54, 1.807) is 13.8 Å².